The molecule has 0 aliphatic carbocycles. The number of benzene rings is 2. The third-order valence-corrected chi connectivity index (χ3v) is 3.15. The quantitative estimate of drug-likeness (QED) is 0.648. The molecule has 0 aliphatic rings. The fourth-order valence-corrected chi connectivity index (χ4v) is 2.28. The molecule has 0 fully saturated rings. The summed E-state index contributed by atoms with van der Waals surface area (Å²) >= 11 is 0. The van der Waals surface area contributed by atoms with Crippen molar-refractivity contribution in [2.45, 2.75) is 6.61 Å². The number of ether oxygens (including phenoxy) is 1. The predicted molar refractivity (Wildman–Crippen MR) is 69.9 cm³/mol. The molecule has 4 nitrogen and oxygen atoms in total. The molecular weight excluding hydrogens is 230 g/mol. The van der Waals surface area contributed by atoms with E-state index >= 15 is 0 Å². The highest BCUT2D eigenvalue weighted by Crippen LogP contribution is 2.32. The number of aliphatic hydroxyl groups excluding tert-OH is 1. The van der Waals surface area contributed by atoms with Gasteiger partial charge in [0.15, 0.2) is 0 Å². The van der Waals surface area contributed by atoms with Crippen molar-refractivity contribution in [1.29, 1.82) is 0 Å². The first-order valence-corrected chi connectivity index (χ1v) is 5.65. The number of phenolic OH excluding ortho intramolecular Hbond substituents is 1. The van der Waals surface area contributed by atoms with Crippen LogP contribution in [-0.2, 0) is 6.61 Å². The smallest absolute Gasteiger partial charge is 0.126 e. The third-order valence-electron chi connectivity index (χ3n) is 3.15. The maximum absolute atomic E-state index is 9.47. The highest BCUT2D eigenvalue weighted by Gasteiger charge is 2.10. The van der Waals surface area contributed by atoms with E-state index in [1.165, 1.54) is 0 Å². The summed E-state index contributed by atoms with van der Waals surface area (Å²) in [5.41, 5.74) is 2.53. The number of rotatable bonds is 2. The van der Waals surface area contributed by atoms with Crippen LogP contribution in [0.3, 0.4) is 0 Å². The number of aromatic nitrogens is 1. The Hall–Kier alpha value is -2.20. The van der Waals surface area contributed by atoms with E-state index in [9.17, 15) is 10.2 Å². The van der Waals surface area contributed by atoms with Gasteiger partial charge in [-0.05, 0) is 18.2 Å². The van der Waals surface area contributed by atoms with Crippen LogP contribution in [0.15, 0.2) is 30.3 Å². The molecule has 2 aromatic carbocycles. The van der Waals surface area contributed by atoms with Crippen molar-refractivity contribution >= 4 is 21.8 Å². The minimum absolute atomic E-state index is 0.0656. The van der Waals surface area contributed by atoms with Crippen LogP contribution >= 0.6 is 0 Å². The molecule has 0 aliphatic heterocycles. The van der Waals surface area contributed by atoms with Crippen LogP contribution in [0.25, 0.3) is 21.8 Å². The number of H-pyrrole nitrogens is 1. The van der Waals surface area contributed by atoms with Crippen molar-refractivity contribution in [2.75, 3.05) is 7.11 Å². The molecule has 0 saturated carbocycles. The van der Waals surface area contributed by atoms with E-state index < -0.39 is 0 Å². The van der Waals surface area contributed by atoms with E-state index in [2.05, 4.69) is 4.98 Å². The van der Waals surface area contributed by atoms with Gasteiger partial charge >= 0.3 is 0 Å². The summed E-state index contributed by atoms with van der Waals surface area (Å²) < 4.78 is 5.23. The average molecular weight is 243 g/mol. The van der Waals surface area contributed by atoms with Gasteiger partial charge in [-0.1, -0.05) is 0 Å². The van der Waals surface area contributed by atoms with Crippen molar-refractivity contribution in [3.8, 4) is 11.5 Å². The minimum atomic E-state index is -0.0656. The van der Waals surface area contributed by atoms with Gasteiger partial charge in [0.05, 0.1) is 24.8 Å². The standard InChI is InChI=1S/C14H13NO3/c1-18-14-6-13-11(4-8(14)7-16)10-3-2-9(17)5-12(10)15-13/h2-6,15-17H,7H2,1H3. The second-order valence-electron chi connectivity index (χ2n) is 4.22. The molecule has 4 heteroatoms. The summed E-state index contributed by atoms with van der Waals surface area (Å²) in [6.45, 7) is -0.0656. The largest absolute Gasteiger partial charge is 0.508 e. The zero-order chi connectivity index (χ0) is 12.7. The van der Waals surface area contributed by atoms with Crippen LogP contribution in [0, 0.1) is 0 Å². The van der Waals surface area contributed by atoms with Gasteiger partial charge in [0.1, 0.15) is 11.5 Å². The van der Waals surface area contributed by atoms with Gasteiger partial charge in [-0.25, -0.2) is 0 Å². The Balaban J connectivity index is 2.39. The summed E-state index contributed by atoms with van der Waals surface area (Å²) in [5, 5.41) is 20.8. The van der Waals surface area contributed by atoms with Gasteiger partial charge in [-0.3, -0.25) is 0 Å². The predicted octanol–water partition coefficient (Wildman–Crippen LogP) is 2.53. The van der Waals surface area contributed by atoms with Gasteiger partial charge in [0.25, 0.3) is 0 Å². The zero-order valence-electron chi connectivity index (χ0n) is 9.90. The highest BCUT2D eigenvalue weighted by atomic mass is 16.5. The highest BCUT2D eigenvalue weighted by molar-refractivity contribution is 6.08. The molecule has 0 amide bonds. The summed E-state index contributed by atoms with van der Waals surface area (Å²) in [4.78, 5) is 3.22. The first kappa shape index (κ1) is 10.9. The number of aromatic hydroxyl groups is 1. The van der Waals surface area contributed by atoms with Crippen LogP contribution in [0.1, 0.15) is 5.56 Å². The van der Waals surface area contributed by atoms with E-state index in [0.29, 0.717) is 5.75 Å². The lowest BCUT2D eigenvalue weighted by Gasteiger charge is -2.06. The molecule has 1 aromatic heterocycles. The van der Waals surface area contributed by atoms with Crippen molar-refractivity contribution in [3.05, 3.63) is 35.9 Å². The number of hydrogen-bond acceptors (Lipinski definition) is 3. The maximum Gasteiger partial charge on any atom is 0.126 e. The molecule has 0 unspecified atom stereocenters. The van der Waals surface area contributed by atoms with E-state index in [0.717, 1.165) is 27.4 Å². The van der Waals surface area contributed by atoms with Crippen molar-refractivity contribution in [3.63, 3.8) is 0 Å². The van der Waals surface area contributed by atoms with Crippen molar-refractivity contribution in [1.82, 2.24) is 4.98 Å². The molecule has 0 saturated heterocycles. The van der Waals surface area contributed by atoms with E-state index in [4.69, 9.17) is 4.74 Å². The fourth-order valence-electron chi connectivity index (χ4n) is 2.28. The lowest BCUT2D eigenvalue weighted by atomic mass is 10.1. The van der Waals surface area contributed by atoms with Gasteiger partial charge in [0.2, 0.25) is 0 Å². The maximum atomic E-state index is 9.47. The molecule has 0 atom stereocenters. The molecule has 3 aromatic rings. The number of methoxy groups -OCH3 is 1. The van der Waals surface area contributed by atoms with Gasteiger partial charge in [0, 0.05) is 28.5 Å². The van der Waals surface area contributed by atoms with Gasteiger partial charge < -0.3 is 19.9 Å². The van der Waals surface area contributed by atoms with Crippen molar-refractivity contribution < 1.29 is 14.9 Å². The first-order chi connectivity index (χ1) is 8.72. The van der Waals surface area contributed by atoms with E-state index in [-0.39, 0.29) is 12.4 Å². The summed E-state index contributed by atoms with van der Waals surface area (Å²) in [6, 6.07) is 8.96. The second kappa shape index (κ2) is 3.92. The lowest BCUT2D eigenvalue weighted by Crippen LogP contribution is -1.91. The molecular formula is C14H13NO3. The number of hydrogen-bond donors (Lipinski definition) is 3. The molecule has 18 heavy (non-hydrogen) atoms. The number of nitrogens with one attached hydrogen (secondary N) is 1. The Morgan fingerprint density at radius 2 is 1.89 bits per heavy atom. The normalized spacial score (nSPS) is 11.2. The van der Waals surface area contributed by atoms with E-state index in [1.54, 1.807) is 19.2 Å². The van der Waals surface area contributed by atoms with Gasteiger partial charge in [-0.2, -0.15) is 0 Å². The molecule has 3 rings (SSSR count). The number of aliphatic hydroxyl groups is 1. The summed E-state index contributed by atoms with van der Waals surface area (Å²) in [6.07, 6.45) is 0. The molecule has 92 valence electrons. The Kier molecular flexibility index (Phi) is 2.38. The Morgan fingerprint density at radius 1 is 1.11 bits per heavy atom. The topological polar surface area (TPSA) is 65.5 Å². The van der Waals surface area contributed by atoms with Crippen LogP contribution in [0.2, 0.25) is 0 Å². The number of fused-ring (bicyclic) bond motifs is 3. The van der Waals surface area contributed by atoms with Crippen LogP contribution in [-0.4, -0.2) is 22.3 Å². The van der Waals surface area contributed by atoms with E-state index in [1.807, 2.05) is 18.2 Å². The Morgan fingerprint density at radius 3 is 2.61 bits per heavy atom. The summed E-state index contributed by atoms with van der Waals surface area (Å²) in [5.74, 6) is 0.879. The Labute approximate surface area is 103 Å². The minimum Gasteiger partial charge on any atom is -0.508 e. The van der Waals surface area contributed by atoms with Crippen molar-refractivity contribution in [2.24, 2.45) is 0 Å². The molecule has 3 N–H and O–H groups in total. The van der Waals surface area contributed by atoms with Crippen LogP contribution < -0.4 is 4.74 Å². The first-order valence-electron chi connectivity index (χ1n) is 5.65. The average Bonchev–Trinajstić information content (AvgIpc) is 2.73. The van der Waals surface area contributed by atoms with Gasteiger partial charge in [-0.15, -0.1) is 0 Å². The van der Waals surface area contributed by atoms with Crippen LogP contribution in [0.5, 0.6) is 11.5 Å². The SMILES string of the molecule is COc1cc2[nH]c3cc(O)ccc3c2cc1CO. The second-order valence-corrected chi connectivity index (χ2v) is 4.22. The molecule has 0 radical (unpaired) electrons. The molecule has 1 heterocycles. The monoisotopic (exact) mass is 243 g/mol. The third kappa shape index (κ3) is 1.50. The number of phenols is 1. The molecule has 0 bridgehead atoms. The Bertz CT molecular complexity index is 731. The fraction of sp³-hybridized carbons (Fsp3) is 0.143. The van der Waals surface area contributed by atoms with Crippen LogP contribution in [0.4, 0.5) is 0 Å². The molecule has 0 spiro atoms. The zero-order valence-corrected chi connectivity index (χ0v) is 9.90. The lowest BCUT2D eigenvalue weighted by molar-refractivity contribution is 0.274. The number of aromatic amines is 1. The summed E-state index contributed by atoms with van der Waals surface area (Å²) in [7, 11) is 1.58.